The summed E-state index contributed by atoms with van der Waals surface area (Å²) in [5.41, 5.74) is 3.46. The highest BCUT2D eigenvalue weighted by Crippen LogP contribution is 2.27. The maximum absolute atomic E-state index is 5.71. The largest absolute Gasteiger partial charge is 0.476 e. The van der Waals surface area contributed by atoms with Crippen LogP contribution in [0.1, 0.15) is 25.1 Å². The molecule has 0 aliphatic carbocycles. The van der Waals surface area contributed by atoms with E-state index in [4.69, 9.17) is 4.74 Å². The van der Waals surface area contributed by atoms with Crippen molar-refractivity contribution in [2.24, 2.45) is 5.92 Å². The van der Waals surface area contributed by atoms with E-state index < -0.39 is 0 Å². The van der Waals surface area contributed by atoms with E-state index in [2.05, 4.69) is 37.7 Å². The Hall–Kier alpha value is -1.22. The molecule has 94 valence electrons. The van der Waals surface area contributed by atoms with Crippen LogP contribution in [0, 0.1) is 19.8 Å². The van der Waals surface area contributed by atoms with Gasteiger partial charge in [0.25, 0.3) is 0 Å². The summed E-state index contributed by atoms with van der Waals surface area (Å²) in [4.78, 5) is 7.61. The first kappa shape index (κ1) is 13.8. The van der Waals surface area contributed by atoms with Crippen LogP contribution in [-0.4, -0.2) is 16.6 Å². The minimum Gasteiger partial charge on any atom is -0.476 e. The molecule has 0 atom stereocenters. The van der Waals surface area contributed by atoms with Crippen LogP contribution in [0.3, 0.4) is 0 Å². The number of rotatable bonds is 3. The molecule has 0 saturated heterocycles. The molecule has 0 spiro atoms. The van der Waals surface area contributed by atoms with E-state index in [9.17, 15) is 0 Å². The number of nitrogens with one attached hydrogen (secondary N) is 1. The van der Waals surface area contributed by atoms with E-state index in [1.165, 1.54) is 16.6 Å². The van der Waals surface area contributed by atoms with Gasteiger partial charge < -0.3 is 9.72 Å². The Morgan fingerprint density at radius 2 is 2.06 bits per heavy atom. The Morgan fingerprint density at radius 3 is 2.71 bits per heavy atom. The third-order valence-electron chi connectivity index (χ3n) is 2.75. The van der Waals surface area contributed by atoms with Crippen molar-refractivity contribution < 1.29 is 4.74 Å². The van der Waals surface area contributed by atoms with Crippen LogP contribution in [0.2, 0.25) is 0 Å². The Labute approximate surface area is 108 Å². The minimum absolute atomic E-state index is 0. The molecule has 1 N–H and O–H groups in total. The normalized spacial score (nSPS) is 10.6. The molecule has 2 aromatic rings. The fraction of sp³-hybridized carbons (Fsp3) is 0.462. The van der Waals surface area contributed by atoms with Crippen LogP contribution in [0.15, 0.2) is 12.3 Å². The highest BCUT2D eigenvalue weighted by Gasteiger charge is 2.10. The van der Waals surface area contributed by atoms with Crippen molar-refractivity contribution in [1.29, 1.82) is 0 Å². The Kier molecular flexibility index (Phi) is 4.40. The lowest BCUT2D eigenvalue weighted by atomic mass is 10.2. The monoisotopic (exact) mass is 254 g/mol. The lowest BCUT2D eigenvalue weighted by Crippen LogP contribution is -2.05. The molecule has 0 aliphatic rings. The average Bonchev–Trinajstić information content (AvgIpc) is 2.53. The van der Waals surface area contributed by atoms with Crippen LogP contribution in [-0.2, 0) is 0 Å². The molecular formula is C13H19ClN2O. The molecule has 0 radical (unpaired) electrons. The molecule has 0 aromatic carbocycles. The van der Waals surface area contributed by atoms with Crippen molar-refractivity contribution in [1.82, 2.24) is 9.97 Å². The lowest BCUT2D eigenvalue weighted by molar-refractivity contribution is 0.264. The van der Waals surface area contributed by atoms with Gasteiger partial charge in [-0.15, -0.1) is 12.4 Å². The van der Waals surface area contributed by atoms with Crippen molar-refractivity contribution in [3.05, 3.63) is 23.5 Å². The van der Waals surface area contributed by atoms with Gasteiger partial charge in [0, 0.05) is 17.3 Å². The number of hydrogen-bond acceptors (Lipinski definition) is 2. The first-order valence-electron chi connectivity index (χ1n) is 5.66. The molecule has 0 saturated carbocycles. The summed E-state index contributed by atoms with van der Waals surface area (Å²) >= 11 is 0. The first-order chi connectivity index (χ1) is 7.59. The number of pyridine rings is 1. The van der Waals surface area contributed by atoms with E-state index in [-0.39, 0.29) is 12.4 Å². The number of nitrogens with zero attached hydrogens (tertiary/aromatic N) is 1. The molecule has 2 heterocycles. The van der Waals surface area contributed by atoms with Crippen molar-refractivity contribution in [2.75, 3.05) is 6.61 Å². The van der Waals surface area contributed by atoms with E-state index >= 15 is 0 Å². The van der Waals surface area contributed by atoms with Crippen LogP contribution in [0.5, 0.6) is 5.88 Å². The molecule has 2 rings (SSSR count). The molecule has 0 unspecified atom stereocenters. The van der Waals surface area contributed by atoms with Gasteiger partial charge in [-0.25, -0.2) is 4.98 Å². The Balaban J connectivity index is 0.00000144. The van der Waals surface area contributed by atoms with Gasteiger partial charge in [0.2, 0.25) is 5.88 Å². The van der Waals surface area contributed by atoms with Crippen molar-refractivity contribution in [2.45, 2.75) is 27.7 Å². The van der Waals surface area contributed by atoms with Crippen molar-refractivity contribution in [3.8, 4) is 5.88 Å². The third-order valence-corrected chi connectivity index (χ3v) is 2.75. The summed E-state index contributed by atoms with van der Waals surface area (Å²) in [6.07, 6.45) is 1.80. The lowest BCUT2D eigenvalue weighted by Gasteiger charge is -2.08. The van der Waals surface area contributed by atoms with Crippen LogP contribution in [0.4, 0.5) is 0 Å². The summed E-state index contributed by atoms with van der Waals surface area (Å²) in [5.74, 6) is 1.22. The number of ether oxygens (including phenoxy) is 1. The molecular weight excluding hydrogens is 236 g/mol. The van der Waals surface area contributed by atoms with Gasteiger partial charge in [-0.05, 0) is 31.4 Å². The number of aromatic amines is 1. The number of hydrogen-bond donors (Lipinski definition) is 1. The van der Waals surface area contributed by atoms with E-state index in [0.717, 1.165) is 5.52 Å². The summed E-state index contributed by atoms with van der Waals surface area (Å²) < 4.78 is 5.71. The fourth-order valence-electron chi connectivity index (χ4n) is 1.71. The maximum Gasteiger partial charge on any atom is 0.238 e. The average molecular weight is 255 g/mol. The Morgan fingerprint density at radius 1 is 1.35 bits per heavy atom. The molecule has 4 heteroatoms. The SMILES string of the molecule is Cc1[nH]c2c(OCC(C)C)nccc2c1C.Cl. The van der Waals surface area contributed by atoms with E-state index in [1.54, 1.807) is 6.20 Å². The third kappa shape index (κ3) is 2.72. The van der Waals surface area contributed by atoms with Gasteiger partial charge in [0.15, 0.2) is 0 Å². The number of H-pyrrole nitrogens is 1. The van der Waals surface area contributed by atoms with E-state index in [0.29, 0.717) is 18.4 Å². The topological polar surface area (TPSA) is 37.9 Å². The second-order valence-electron chi connectivity index (χ2n) is 4.62. The predicted molar refractivity (Wildman–Crippen MR) is 73.1 cm³/mol. The van der Waals surface area contributed by atoms with E-state index in [1.807, 2.05) is 6.07 Å². The zero-order valence-corrected chi connectivity index (χ0v) is 11.5. The zero-order valence-electron chi connectivity index (χ0n) is 10.7. The van der Waals surface area contributed by atoms with Gasteiger partial charge in [0.1, 0.15) is 5.52 Å². The van der Waals surface area contributed by atoms with Gasteiger partial charge in [0.05, 0.1) is 6.61 Å². The van der Waals surface area contributed by atoms with Gasteiger partial charge in [-0.3, -0.25) is 0 Å². The summed E-state index contributed by atoms with van der Waals surface area (Å²) in [5, 5.41) is 1.20. The number of halogens is 1. The zero-order chi connectivity index (χ0) is 11.7. The summed E-state index contributed by atoms with van der Waals surface area (Å²) in [7, 11) is 0. The standard InChI is InChI=1S/C13H18N2O.ClH/c1-8(2)7-16-13-12-11(5-6-14-13)9(3)10(4)15-12;/h5-6,8,15H,7H2,1-4H3;1H. The van der Waals surface area contributed by atoms with Crippen molar-refractivity contribution in [3.63, 3.8) is 0 Å². The summed E-state index contributed by atoms with van der Waals surface area (Å²) in [6, 6.07) is 2.02. The highest BCUT2D eigenvalue weighted by atomic mass is 35.5. The molecule has 0 bridgehead atoms. The van der Waals surface area contributed by atoms with Gasteiger partial charge in [-0.2, -0.15) is 0 Å². The van der Waals surface area contributed by atoms with Gasteiger partial charge in [-0.1, -0.05) is 13.8 Å². The van der Waals surface area contributed by atoms with Crippen LogP contribution >= 0.6 is 12.4 Å². The molecule has 0 fully saturated rings. The molecule has 0 aliphatic heterocycles. The number of aromatic nitrogens is 2. The minimum atomic E-state index is 0. The van der Waals surface area contributed by atoms with Gasteiger partial charge >= 0.3 is 0 Å². The van der Waals surface area contributed by atoms with Crippen LogP contribution < -0.4 is 4.74 Å². The Bertz CT molecular complexity index is 505. The highest BCUT2D eigenvalue weighted by molar-refractivity contribution is 5.87. The second-order valence-corrected chi connectivity index (χ2v) is 4.62. The number of aryl methyl sites for hydroxylation is 2. The van der Waals surface area contributed by atoms with Crippen LogP contribution in [0.25, 0.3) is 10.9 Å². The quantitative estimate of drug-likeness (QED) is 0.908. The number of fused-ring (bicyclic) bond motifs is 1. The molecule has 17 heavy (non-hydrogen) atoms. The molecule has 3 nitrogen and oxygen atoms in total. The maximum atomic E-state index is 5.71. The predicted octanol–water partition coefficient (Wildman–Crippen LogP) is 3.64. The molecule has 0 amide bonds. The fourth-order valence-corrected chi connectivity index (χ4v) is 1.71. The smallest absolute Gasteiger partial charge is 0.238 e. The summed E-state index contributed by atoms with van der Waals surface area (Å²) in [6.45, 7) is 9.14. The first-order valence-corrected chi connectivity index (χ1v) is 5.66. The second kappa shape index (κ2) is 5.41. The molecule has 2 aromatic heterocycles. The van der Waals surface area contributed by atoms with Crippen molar-refractivity contribution >= 4 is 23.3 Å².